The Hall–Kier alpha value is -2.66. The van der Waals surface area contributed by atoms with Gasteiger partial charge in [-0.2, -0.15) is 11.3 Å². The van der Waals surface area contributed by atoms with Gasteiger partial charge in [-0.25, -0.2) is 0 Å². The number of likely N-dealkylation sites (tertiary alicyclic amines) is 1. The topological polar surface area (TPSA) is 49.4 Å². The highest BCUT2D eigenvalue weighted by atomic mass is 32.1. The molecule has 4 nitrogen and oxygen atoms in total. The molecule has 2 aromatic carbocycles. The third kappa shape index (κ3) is 4.19. The van der Waals surface area contributed by atoms with E-state index in [0.29, 0.717) is 19.5 Å². The van der Waals surface area contributed by atoms with E-state index in [2.05, 4.69) is 29.6 Å². The molecule has 0 spiro atoms. The smallest absolute Gasteiger partial charge is 0.252 e. The van der Waals surface area contributed by atoms with Crippen LogP contribution in [0.3, 0.4) is 0 Å². The first-order chi connectivity index (χ1) is 13.2. The monoisotopic (exact) mass is 378 g/mol. The van der Waals surface area contributed by atoms with Crippen molar-refractivity contribution in [3.05, 3.63) is 70.4 Å². The van der Waals surface area contributed by atoms with Crippen molar-refractivity contribution in [2.24, 2.45) is 0 Å². The van der Waals surface area contributed by atoms with Crippen LogP contribution in [0.25, 0.3) is 10.8 Å². The van der Waals surface area contributed by atoms with Gasteiger partial charge in [-0.15, -0.1) is 0 Å². The average molecular weight is 378 g/mol. The van der Waals surface area contributed by atoms with Crippen molar-refractivity contribution in [1.82, 2.24) is 10.2 Å². The highest BCUT2D eigenvalue weighted by Crippen LogP contribution is 2.18. The van der Waals surface area contributed by atoms with Gasteiger partial charge in [0.05, 0.1) is 6.42 Å². The molecule has 1 aliphatic rings. The third-order valence-corrected chi connectivity index (χ3v) is 5.82. The lowest BCUT2D eigenvalue weighted by Crippen LogP contribution is -2.46. The molecule has 1 aliphatic heterocycles. The largest absolute Gasteiger partial charge is 0.349 e. The van der Waals surface area contributed by atoms with E-state index in [9.17, 15) is 9.59 Å². The molecule has 0 aliphatic carbocycles. The number of rotatable bonds is 4. The van der Waals surface area contributed by atoms with Crippen molar-refractivity contribution in [1.29, 1.82) is 0 Å². The van der Waals surface area contributed by atoms with E-state index in [1.807, 2.05) is 39.9 Å². The Kier molecular flexibility index (Phi) is 5.21. The van der Waals surface area contributed by atoms with Crippen LogP contribution in [0.1, 0.15) is 28.8 Å². The fourth-order valence-corrected chi connectivity index (χ4v) is 4.21. The van der Waals surface area contributed by atoms with Gasteiger partial charge in [0.15, 0.2) is 0 Å². The van der Waals surface area contributed by atoms with Crippen LogP contribution in [0.2, 0.25) is 0 Å². The van der Waals surface area contributed by atoms with Crippen LogP contribution in [-0.2, 0) is 11.2 Å². The summed E-state index contributed by atoms with van der Waals surface area (Å²) in [4.78, 5) is 26.7. The summed E-state index contributed by atoms with van der Waals surface area (Å²) in [5, 5.41) is 9.20. The molecule has 1 N–H and O–H groups in total. The van der Waals surface area contributed by atoms with Crippen molar-refractivity contribution in [3.8, 4) is 0 Å². The molecule has 0 atom stereocenters. The summed E-state index contributed by atoms with van der Waals surface area (Å²) in [6, 6.07) is 16.4. The van der Waals surface area contributed by atoms with E-state index in [1.54, 1.807) is 0 Å². The van der Waals surface area contributed by atoms with Gasteiger partial charge >= 0.3 is 0 Å². The predicted octanol–water partition coefficient (Wildman–Crippen LogP) is 3.86. The Morgan fingerprint density at radius 1 is 1.04 bits per heavy atom. The maximum Gasteiger partial charge on any atom is 0.252 e. The molecule has 4 rings (SSSR count). The van der Waals surface area contributed by atoms with Crippen LogP contribution >= 0.6 is 11.3 Å². The van der Waals surface area contributed by atoms with Crippen LogP contribution in [0.5, 0.6) is 0 Å². The number of carbonyl (C=O) groups excluding carboxylic acids is 2. The van der Waals surface area contributed by atoms with Gasteiger partial charge < -0.3 is 10.2 Å². The van der Waals surface area contributed by atoms with Crippen LogP contribution in [-0.4, -0.2) is 35.8 Å². The second-order valence-corrected chi connectivity index (χ2v) is 7.78. The molecule has 0 unspecified atom stereocenters. The number of hydrogen-bond acceptors (Lipinski definition) is 3. The predicted molar refractivity (Wildman–Crippen MR) is 109 cm³/mol. The first kappa shape index (κ1) is 17.7. The minimum absolute atomic E-state index is 0.0165. The SMILES string of the molecule is O=C(NC1CCN(C(=O)Cc2ccc3ccccc3c2)CC1)c1ccsc1. The number of benzene rings is 2. The van der Waals surface area contributed by atoms with Gasteiger partial charge in [0.1, 0.15) is 0 Å². The quantitative estimate of drug-likeness (QED) is 0.749. The molecule has 0 saturated carbocycles. The van der Waals surface area contributed by atoms with Gasteiger partial charge in [0.2, 0.25) is 5.91 Å². The number of amides is 2. The second-order valence-electron chi connectivity index (χ2n) is 7.00. The van der Waals surface area contributed by atoms with E-state index in [1.165, 1.54) is 16.7 Å². The lowest BCUT2D eigenvalue weighted by Gasteiger charge is -2.32. The highest BCUT2D eigenvalue weighted by molar-refractivity contribution is 7.08. The lowest BCUT2D eigenvalue weighted by molar-refractivity contribution is -0.131. The molecule has 27 heavy (non-hydrogen) atoms. The zero-order chi connectivity index (χ0) is 18.6. The summed E-state index contributed by atoms with van der Waals surface area (Å²) in [5.41, 5.74) is 1.77. The standard InChI is InChI=1S/C22H22N2O2S/c25-21(14-16-5-6-17-3-1-2-4-18(17)13-16)24-10-7-20(8-11-24)23-22(26)19-9-12-27-15-19/h1-6,9,12-13,15,20H,7-8,10-11,14H2,(H,23,26). The first-order valence-corrected chi connectivity index (χ1v) is 10.2. The van der Waals surface area contributed by atoms with E-state index >= 15 is 0 Å². The summed E-state index contributed by atoms with van der Waals surface area (Å²) < 4.78 is 0. The molecule has 1 aromatic heterocycles. The lowest BCUT2D eigenvalue weighted by atomic mass is 10.0. The molecule has 0 bridgehead atoms. The molecule has 3 aromatic rings. The Bertz CT molecular complexity index is 944. The van der Waals surface area contributed by atoms with Crippen molar-refractivity contribution in [2.75, 3.05) is 13.1 Å². The van der Waals surface area contributed by atoms with Crippen molar-refractivity contribution in [3.63, 3.8) is 0 Å². The average Bonchev–Trinajstić information content (AvgIpc) is 3.23. The van der Waals surface area contributed by atoms with Crippen molar-refractivity contribution >= 4 is 33.9 Å². The Labute approximate surface area is 162 Å². The fourth-order valence-electron chi connectivity index (χ4n) is 3.57. The maximum absolute atomic E-state index is 12.7. The number of carbonyl (C=O) groups is 2. The van der Waals surface area contributed by atoms with E-state index in [4.69, 9.17) is 0 Å². The van der Waals surface area contributed by atoms with E-state index in [-0.39, 0.29) is 17.9 Å². The maximum atomic E-state index is 12.7. The summed E-state index contributed by atoms with van der Waals surface area (Å²) >= 11 is 1.52. The Morgan fingerprint density at radius 2 is 1.81 bits per heavy atom. The van der Waals surface area contributed by atoms with Crippen LogP contribution in [0, 0.1) is 0 Å². The summed E-state index contributed by atoms with van der Waals surface area (Å²) in [5.74, 6) is 0.144. The van der Waals surface area contributed by atoms with E-state index in [0.717, 1.165) is 29.4 Å². The summed E-state index contributed by atoms with van der Waals surface area (Å²) in [6.45, 7) is 1.39. The Morgan fingerprint density at radius 3 is 2.56 bits per heavy atom. The van der Waals surface area contributed by atoms with Gasteiger partial charge in [-0.05, 0) is 40.6 Å². The van der Waals surface area contributed by atoms with Gasteiger partial charge in [-0.1, -0.05) is 42.5 Å². The molecular weight excluding hydrogens is 356 g/mol. The Balaban J connectivity index is 1.31. The molecule has 2 heterocycles. The van der Waals surface area contributed by atoms with Gasteiger partial charge in [0.25, 0.3) is 5.91 Å². The van der Waals surface area contributed by atoms with Crippen LogP contribution in [0.4, 0.5) is 0 Å². The molecule has 1 fully saturated rings. The molecule has 138 valence electrons. The van der Waals surface area contributed by atoms with Crippen molar-refractivity contribution < 1.29 is 9.59 Å². The normalized spacial score (nSPS) is 15.0. The van der Waals surface area contributed by atoms with Crippen LogP contribution < -0.4 is 5.32 Å². The molecule has 1 saturated heterocycles. The zero-order valence-electron chi connectivity index (χ0n) is 15.1. The third-order valence-electron chi connectivity index (χ3n) is 5.14. The molecular formula is C22H22N2O2S. The van der Waals surface area contributed by atoms with Crippen molar-refractivity contribution in [2.45, 2.75) is 25.3 Å². The number of hydrogen-bond donors (Lipinski definition) is 1. The number of thiophene rings is 1. The number of fused-ring (bicyclic) bond motifs is 1. The summed E-state index contributed by atoms with van der Waals surface area (Å²) in [6.07, 6.45) is 2.04. The number of nitrogens with zero attached hydrogens (tertiary/aromatic N) is 1. The second kappa shape index (κ2) is 7.92. The van der Waals surface area contributed by atoms with Crippen LogP contribution in [0.15, 0.2) is 59.3 Å². The minimum atomic E-state index is -0.0165. The van der Waals surface area contributed by atoms with Gasteiger partial charge in [0, 0.05) is 30.1 Å². The first-order valence-electron chi connectivity index (χ1n) is 9.27. The number of piperidine rings is 1. The molecule has 5 heteroatoms. The zero-order valence-corrected chi connectivity index (χ0v) is 15.9. The minimum Gasteiger partial charge on any atom is -0.349 e. The molecule has 2 amide bonds. The number of nitrogens with one attached hydrogen (secondary N) is 1. The fraction of sp³-hybridized carbons (Fsp3) is 0.273. The summed E-state index contributed by atoms with van der Waals surface area (Å²) in [7, 11) is 0. The van der Waals surface area contributed by atoms with E-state index < -0.39 is 0 Å². The highest BCUT2D eigenvalue weighted by Gasteiger charge is 2.24. The molecule has 0 radical (unpaired) electrons. The van der Waals surface area contributed by atoms with Gasteiger partial charge in [-0.3, -0.25) is 9.59 Å².